The second kappa shape index (κ2) is 3.86. The van der Waals surface area contributed by atoms with E-state index in [1.807, 2.05) is 7.11 Å². The number of rotatable bonds is 3. The molecule has 0 spiro atoms. The van der Waals surface area contributed by atoms with Crippen LogP contribution in [0.2, 0.25) is 0 Å². The zero-order valence-electron chi connectivity index (χ0n) is 9.83. The van der Waals surface area contributed by atoms with E-state index in [0.717, 1.165) is 19.0 Å². The number of nitrogens with one attached hydrogen (secondary N) is 1. The van der Waals surface area contributed by atoms with Gasteiger partial charge in [0.25, 0.3) is 0 Å². The van der Waals surface area contributed by atoms with Gasteiger partial charge in [-0.15, -0.1) is 0 Å². The third-order valence-electron chi connectivity index (χ3n) is 4.12. The summed E-state index contributed by atoms with van der Waals surface area (Å²) in [7, 11) is 1.85. The molecule has 0 amide bonds. The Hall–Kier alpha value is -0.860. The molecule has 0 atom stereocenters. The van der Waals surface area contributed by atoms with Crippen LogP contribution in [0.4, 0.5) is 0 Å². The minimum absolute atomic E-state index is 0.132. The lowest BCUT2D eigenvalue weighted by Crippen LogP contribution is -2.61. The Bertz CT molecular complexity index is 354. The van der Waals surface area contributed by atoms with Gasteiger partial charge < -0.3 is 10.1 Å². The highest BCUT2D eigenvalue weighted by Crippen LogP contribution is 2.34. The summed E-state index contributed by atoms with van der Waals surface area (Å²) in [4.78, 5) is 0. The smallest absolute Gasteiger partial charge is 0.0928 e. The molecule has 1 heterocycles. The molecule has 1 aliphatic heterocycles. The molecule has 86 valence electrons. The van der Waals surface area contributed by atoms with E-state index in [1.165, 1.54) is 19.3 Å². The number of hydrogen-bond acceptors (Lipinski definition) is 2. The first-order chi connectivity index (χ1) is 7.81. The van der Waals surface area contributed by atoms with E-state index in [2.05, 4.69) is 29.6 Å². The number of ether oxygens (including phenoxy) is 1. The van der Waals surface area contributed by atoms with Crippen LogP contribution < -0.4 is 5.32 Å². The molecule has 1 N–H and O–H groups in total. The van der Waals surface area contributed by atoms with E-state index in [4.69, 9.17) is 4.74 Å². The van der Waals surface area contributed by atoms with Crippen LogP contribution >= 0.6 is 0 Å². The van der Waals surface area contributed by atoms with Crippen molar-refractivity contribution in [3.05, 3.63) is 35.4 Å². The van der Waals surface area contributed by atoms with Crippen molar-refractivity contribution in [2.24, 2.45) is 5.92 Å². The first-order valence-electron chi connectivity index (χ1n) is 6.14. The lowest BCUT2D eigenvalue weighted by molar-refractivity contribution is -0.0669. The van der Waals surface area contributed by atoms with Crippen molar-refractivity contribution >= 4 is 0 Å². The average molecular weight is 217 g/mol. The molecule has 2 heteroatoms. The minimum atomic E-state index is 0.132. The van der Waals surface area contributed by atoms with Gasteiger partial charge in [-0.2, -0.15) is 0 Å². The predicted molar refractivity (Wildman–Crippen MR) is 64.6 cm³/mol. The fraction of sp³-hybridized carbons (Fsp3) is 0.571. The van der Waals surface area contributed by atoms with Crippen molar-refractivity contribution in [1.82, 2.24) is 5.32 Å². The Morgan fingerprint density at radius 2 is 1.88 bits per heavy atom. The Morgan fingerprint density at radius 1 is 1.25 bits per heavy atom. The van der Waals surface area contributed by atoms with Crippen LogP contribution in [-0.2, 0) is 17.6 Å². The summed E-state index contributed by atoms with van der Waals surface area (Å²) in [6.45, 7) is 2.05. The average Bonchev–Trinajstić information content (AvgIpc) is 2.65. The van der Waals surface area contributed by atoms with Gasteiger partial charge in [0.1, 0.15) is 0 Å². The van der Waals surface area contributed by atoms with Gasteiger partial charge in [-0.3, -0.25) is 0 Å². The van der Waals surface area contributed by atoms with Gasteiger partial charge in [0.05, 0.1) is 5.60 Å². The second-order valence-electron chi connectivity index (χ2n) is 5.24. The summed E-state index contributed by atoms with van der Waals surface area (Å²) in [5.74, 6) is 0.777. The normalized spacial score (nSPS) is 22.8. The highest BCUT2D eigenvalue weighted by atomic mass is 16.5. The predicted octanol–water partition coefficient (Wildman–Crippen LogP) is 1.78. The Morgan fingerprint density at radius 3 is 2.31 bits per heavy atom. The number of fused-ring (bicyclic) bond motifs is 1. The van der Waals surface area contributed by atoms with Crippen molar-refractivity contribution in [1.29, 1.82) is 0 Å². The van der Waals surface area contributed by atoms with Crippen molar-refractivity contribution in [3.8, 4) is 0 Å². The van der Waals surface area contributed by atoms with Gasteiger partial charge in [-0.25, -0.2) is 0 Å². The van der Waals surface area contributed by atoms with Crippen LogP contribution in [0.5, 0.6) is 0 Å². The van der Waals surface area contributed by atoms with Crippen LogP contribution in [0, 0.1) is 5.92 Å². The third kappa shape index (κ3) is 1.66. The SMILES string of the molecule is COC1(CC2Cc3ccccc3C2)CNC1. The van der Waals surface area contributed by atoms with Crippen LogP contribution in [0.15, 0.2) is 24.3 Å². The summed E-state index contributed by atoms with van der Waals surface area (Å²) in [5.41, 5.74) is 3.23. The number of hydrogen-bond donors (Lipinski definition) is 1. The van der Waals surface area contributed by atoms with Crippen molar-refractivity contribution in [2.75, 3.05) is 20.2 Å². The van der Waals surface area contributed by atoms with E-state index in [-0.39, 0.29) is 5.60 Å². The first-order valence-corrected chi connectivity index (χ1v) is 6.14. The Balaban J connectivity index is 1.68. The molecule has 0 radical (unpaired) electrons. The highest BCUT2D eigenvalue weighted by molar-refractivity contribution is 5.32. The Labute approximate surface area is 97.0 Å². The van der Waals surface area contributed by atoms with Gasteiger partial charge in [-0.05, 0) is 36.3 Å². The number of methoxy groups -OCH3 is 1. The molecule has 3 rings (SSSR count). The second-order valence-corrected chi connectivity index (χ2v) is 5.24. The fourth-order valence-electron chi connectivity index (χ4n) is 3.10. The summed E-state index contributed by atoms with van der Waals surface area (Å²) in [6, 6.07) is 8.85. The molecule has 1 fully saturated rings. The third-order valence-corrected chi connectivity index (χ3v) is 4.12. The van der Waals surface area contributed by atoms with Gasteiger partial charge in [0.15, 0.2) is 0 Å². The van der Waals surface area contributed by atoms with Crippen LogP contribution in [0.1, 0.15) is 17.5 Å². The number of benzene rings is 1. The zero-order valence-corrected chi connectivity index (χ0v) is 9.83. The standard InChI is InChI=1S/C14H19NO/c1-16-14(9-15-10-14)8-11-6-12-4-2-3-5-13(12)7-11/h2-5,11,15H,6-10H2,1H3. The van der Waals surface area contributed by atoms with Gasteiger partial charge >= 0.3 is 0 Å². The monoisotopic (exact) mass is 217 g/mol. The summed E-state index contributed by atoms with van der Waals surface area (Å²) >= 11 is 0. The van der Waals surface area contributed by atoms with Gasteiger partial charge in [0.2, 0.25) is 0 Å². The highest BCUT2D eigenvalue weighted by Gasteiger charge is 2.40. The Kier molecular flexibility index (Phi) is 2.49. The topological polar surface area (TPSA) is 21.3 Å². The van der Waals surface area contributed by atoms with E-state index in [1.54, 1.807) is 11.1 Å². The van der Waals surface area contributed by atoms with Gasteiger partial charge in [-0.1, -0.05) is 24.3 Å². The molecule has 2 aliphatic rings. The molecule has 2 nitrogen and oxygen atoms in total. The summed E-state index contributed by atoms with van der Waals surface area (Å²) in [5, 5.41) is 3.32. The van der Waals surface area contributed by atoms with E-state index >= 15 is 0 Å². The molecule has 1 aromatic carbocycles. The quantitative estimate of drug-likeness (QED) is 0.833. The van der Waals surface area contributed by atoms with E-state index < -0.39 is 0 Å². The zero-order chi connectivity index (χ0) is 11.0. The molecule has 0 bridgehead atoms. The van der Waals surface area contributed by atoms with Crippen LogP contribution in [0.3, 0.4) is 0 Å². The maximum Gasteiger partial charge on any atom is 0.0928 e. The van der Waals surface area contributed by atoms with Crippen LogP contribution in [0.25, 0.3) is 0 Å². The van der Waals surface area contributed by atoms with Crippen molar-refractivity contribution in [3.63, 3.8) is 0 Å². The largest absolute Gasteiger partial charge is 0.376 e. The molecule has 1 saturated heterocycles. The van der Waals surface area contributed by atoms with E-state index in [0.29, 0.717) is 0 Å². The molecule has 0 saturated carbocycles. The maximum atomic E-state index is 5.67. The maximum absolute atomic E-state index is 5.67. The fourth-order valence-corrected chi connectivity index (χ4v) is 3.10. The first kappa shape index (κ1) is 10.3. The van der Waals surface area contributed by atoms with Crippen molar-refractivity contribution < 1.29 is 4.74 Å². The lowest BCUT2D eigenvalue weighted by atomic mass is 9.84. The van der Waals surface area contributed by atoms with Crippen LogP contribution in [-0.4, -0.2) is 25.8 Å². The van der Waals surface area contributed by atoms with E-state index in [9.17, 15) is 0 Å². The summed E-state index contributed by atoms with van der Waals surface area (Å²) < 4.78 is 5.67. The molecular formula is C14H19NO. The van der Waals surface area contributed by atoms with Gasteiger partial charge in [0, 0.05) is 20.2 Å². The molecule has 1 aromatic rings. The molecule has 0 unspecified atom stereocenters. The lowest BCUT2D eigenvalue weighted by Gasteiger charge is -2.43. The summed E-state index contributed by atoms with van der Waals surface area (Å²) in [6.07, 6.45) is 3.67. The molecule has 0 aromatic heterocycles. The molecule has 1 aliphatic carbocycles. The molecule has 16 heavy (non-hydrogen) atoms. The van der Waals surface area contributed by atoms with Crippen molar-refractivity contribution in [2.45, 2.75) is 24.9 Å². The molecular weight excluding hydrogens is 198 g/mol. The minimum Gasteiger partial charge on any atom is -0.376 e.